The van der Waals surface area contributed by atoms with E-state index in [0.717, 1.165) is 36.1 Å². The molecule has 1 fully saturated rings. The minimum atomic E-state index is -4.42. The molecule has 9 heteroatoms. The fraction of sp³-hybridized carbons (Fsp3) is 0.310. The number of carbonyl (C=O) groups is 2. The number of hydrogen-bond acceptors (Lipinski definition) is 4. The summed E-state index contributed by atoms with van der Waals surface area (Å²) in [6.45, 7) is 2.65. The van der Waals surface area contributed by atoms with Crippen LogP contribution in [0.5, 0.6) is 0 Å². The molecule has 0 unspecified atom stereocenters. The molecule has 38 heavy (non-hydrogen) atoms. The summed E-state index contributed by atoms with van der Waals surface area (Å²) >= 11 is 0. The Morgan fingerprint density at radius 2 is 1.71 bits per heavy atom. The number of hydrogen-bond donors (Lipinski definition) is 1. The Kier molecular flexibility index (Phi) is 6.41. The Morgan fingerprint density at radius 3 is 2.29 bits per heavy atom. The van der Waals surface area contributed by atoms with Crippen LogP contribution in [0, 0.1) is 5.82 Å². The van der Waals surface area contributed by atoms with Gasteiger partial charge in [-0.15, -0.1) is 0 Å². The van der Waals surface area contributed by atoms with Crippen molar-refractivity contribution in [3.63, 3.8) is 0 Å². The molecule has 5 nitrogen and oxygen atoms in total. The molecular weight excluding hydrogens is 500 g/mol. The quantitative estimate of drug-likeness (QED) is 0.308. The molecule has 1 aliphatic carbocycles. The van der Waals surface area contributed by atoms with E-state index >= 15 is 0 Å². The Morgan fingerprint density at radius 1 is 1.05 bits per heavy atom. The van der Waals surface area contributed by atoms with Gasteiger partial charge in [0, 0.05) is 18.5 Å². The molecule has 0 radical (unpaired) electrons. The average molecular weight is 527 g/mol. The van der Waals surface area contributed by atoms with Crippen LogP contribution in [-0.4, -0.2) is 25.5 Å². The van der Waals surface area contributed by atoms with E-state index in [9.17, 15) is 27.2 Å². The van der Waals surface area contributed by atoms with Gasteiger partial charge < -0.3 is 15.0 Å². The summed E-state index contributed by atoms with van der Waals surface area (Å²) in [6.07, 6.45) is -2.70. The number of methoxy groups -OCH3 is 1. The average Bonchev–Trinajstić information content (AvgIpc) is 3.61. The van der Waals surface area contributed by atoms with E-state index in [-0.39, 0.29) is 11.0 Å². The van der Waals surface area contributed by atoms with E-state index < -0.39 is 35.5 Å². The maximum atomic E-state index is 14.7. The lowest BCUT2D eigenvalue weighted by Gasteiger charge is -2.23. The summed E-state index contributed by atoms with van der Waals surface area (Å²) < 4.78 is 58.4. The number of anilines is 1. The number of carbonyl (C=O) groups excluding carboxylic acids is 2. The molecule has 1 atom stereocenters. The van der Waals surface area contributed by atoms with E-state index in [2.05, 4.69) is 5.32 Å². The summed E-state index contributed by atoms with van der Waals surface area (Å²) in [5.41, 5.74) is 2.40. The molecule has 3 aromatic rings. The van der Waals surface area contributed by atoms with Crippen LogP contribution < -0.4 is 10.2 Å². The zero-order chi connectivity index (χ0) is 27.2. The summed E-state index contributed by atoms with van der Waals surface area (Å²) in [4.78, 5) is 27.1. The Labute approximate surface area is 217 Å². The highest BCUT2D eigenvalue weighted by molar-refractivity contribution is 6.02. The monoisotopic (exact) mass is 526 g/mol. The zero-order valence-corrected chi connectivity index (χ0v) is 20.9. The Hall–Kier alpha value is -3.88. The van der Waals surface area contributed by atoms with Crippen molar-refractivity contribution in [2.45, 2.75) is 43.9 Å². The molecule has 5 rings (SSSR count). The van der Waals surface area contributed by atoms with Gasteiger partial charge in [0.2, 0.25) is 0 Å². The second-order valence-corrected chi connectivity index (χ2v) is 9.99. The minimum absolute atomic E-state index is 0.189. The molecule has 1 N–H and O–H groups in total. The molecule has 0 saturated heterocycles. The molecular formula is C29H26F4N2O3. The molecule has 198 valence electrons. The molecule has 1 amide bonds. The van der Waals surface area contributed by atoms with Gasteiger partial charge in [-0.25, -0.2) is 9.18 Å². The lowest BCUT2D eigenvalue weighted by Crippen LogP contribution is -2.30. The van der Waals surface area contributed by atoms with Crippen LogP contribution in [0.4, 0.5) is 23.2 Å². The number of alkyl halides is 3. The van der Waals surface area contributed by atoms with E-state index in [4.69, 9.17) is 4.74 Å². The van der Waals surface area contributed by atoms with Gasteiger partial charge in [-0.2, -0.15) is 13.2 Å². The van der Waals surface area contributed by atoms with Crippen LogP contribution in [0.15, 0.2) is 60.7 Å². The molecule has 1 spiro atoms. The first kappa shape index (κ1) is 25.8. The van der Waals surface area contributed by atoms with E-state index in [0.29, 0.717) is 29.9 Å². The van der Waals surface area contributed by atoms with Gasteiger partial charge in [0.15, 0.2) is 0 Å². The minimum Gasteiger partial charge on any atom is -0.465 e. The summed E-state index contributed by atoms with van der Waals surface area (Å²) in [5.74, 6) is -1.43. The predicted octanol–water partition coefficient (Wildman–Crippen LogP) is 6.17. The predicted molar refractivity (Wildman–Crippen MR) is 133 cm³/mol. The second kappa shape index (κ2) is 9.45. The van der Waals surface area contributed by atoms with Crippen LogP contribution in [0.2, 0.25) is 0 Å². The third-order valence-electron chi connectivity index (χ3n) is 7.39. The van der Waals surface area contributed by atoms with Gasteiger partial charge >= 0.3 is 12.1 Å². The Bertz CT molecular complexity index is 1380. The van der Waals surface area contributed by atoms with Crippen LogP contribution >= 0.6 is 0 Å². The molecule has 0 bridgehead atoms. The number of fused-ring (bicyclic) bond motifs is 2. The maximum absolute atomic E-state index is 14.7. The first-order valence-corrected chi connectivity index (χ1v) is 12.2. The highest BCUT2D eigenvalue weighted by Gasteiger charge is 2.53. The molecule has 0 aromatic heterocycles. The number of rotatable bonds is 6. The first-order chi connectivity index (χ1) is 18.0. The van der Waals surface area contributed by atoms with Crippen molar-refractivity contribution < 1.29 is 31.9 Å². The first-order valence-electron chi connectivity index (χ1n) is 12.2. The summed E-state index contributed by atoms with van der Waals surface area (Å²) in [6, 6.07) is 13.8. The number of amides is 1. The molecule has 1 heterocycles. The number of ether oxygens (including phenoxy) is 1. The molecule has 1 aliphatic heterocycles. The van der Waals surface area contributed by atoms with Gasteiger partial charge in [0.05, 0.1) is 35.5 Å². The SMILES string of the molecule is COC(=O)c1ccc([C@H](C)NC(=O)c2cc(F)cc3c2N(Cc2ccc(C(F)(F)F)cc2)CC32CC2)cc1. The smallest absolute Gasteiger partial charge is 0.416 e. The maximum Gasteiger partial charge on any atom is 0.416 e. The van der Waals surface area contributed by atoms with Crippen LogP contribution in [-0.2, 0) is 22.9 Å². The van der Waals surface area contributed by atoms with E-state index in [1.165, 1.54) is 31.4 Å². The van der Waals surface area contributed by atoms with Gasteiger partial charge in [-0.3, -0.25) is 4.79 Å². The van der Waals surface area contributed by atoms with Crippen molar-refractivity contribution in [3.05, 3.63) is 99.9 Å². The third kappa shape index (κ3) is 4.85. The zero-order valence-electron chi connectivity index (χ0n) is 20.9. The van der Waals surface area contributed by atoms with Crippen molar-refractivity contribution in [2.24, 2.45) is 0 Å². The van der Waals surface area contributed by atoms with Gasteiger partial charge in [0.1, 0.15) is 5.82 Å². The number of esters is 1. The highest BCUT2D eigenvalue weighted by atomic mass is 19.4. The fourth-order valence-corrected chi connectivity index (χ4v) is 5.16. The van der Waals surface area contributed by atoms with Crippen LogP contribution in [0.1, 0.15) is 68.8 Å². The van der Waals surface area contributed by atoms with Crippen molar-refractivity contribution in [1.82, 2.24) is 5.32 Å². The van der Waals surface area contributed by atoms with Crippen molar-refractivity contribution >= 4 is 17.6 Å². The number of benzene rings is 3. The number of nitrogens with one attached hydrogen (secondary N) is 1. The van der Waals surface area contributed by atoms with Gasteiger partial charge in [-0.1, -0.05) is 24.3 Å². The standard InChI is InChI=1S/C29H26F4N2O3/c1-17(19-5-7-20(8-6-19)27(37)38-2)34-26(36)23-13-22(30)14-24-25(23)35(16-28(24)11-12-28)15-18-3-9-21(10-4-18)29(31,32)33/h3-10,13-14,17H,11-12,15-16H2,1-2H3,(H,34,36)/t17-/m0/s1. The van der Waals surface area contributed by atoms with Crippen LogP contribution in [0.25, 0.3) is 0 Å². The van der Waals surface area contributed by atoms with Crippen LogP contribution in [0.3, 0.4) is 0 Å². The number of halogens is 4. The molecule has 3 aromatic carbocycles. The van der Waals surface area contributed by atoms with Crippen molar-refractivity contribution in [3.8, 4) is 0 Å². The second-order valence-electron chi connectivity index (χ2n) is 9.99. The molecule has 1 saturated carbocycles. The summed E-state index contributed by atoms with van der Waals surface area (Å²) in [7, 11) is 1.29. The van der Waals surface area contributed by atoms with Gasteiger partial charge in [-0.05, 0) is 72.9 Å². The van der Waals surface area contributed by atoms with E-state index in [1.807, 2.05) is 4.90 Å². The lowest BCUT2D eigenvalue weighted by molar-refractivity contribution is -0.137. The van der Waals surface area contributed by atoms with Crippen molar-refractivity contribution in [1.29, 1.82) is 0 Å². The fourth-order valence-electron chi connectivity index (χ4n) is 5.16. The lowest BCUT2D eigenvalue weighted by atomic mass is 9.95. The summed E-state index contributed by atoms with van der Waals surface area (Å²) in [5, 5.41) is 2.91. The molecule has 2 aliphatic rings. The largest absolute Gasteiger partial charge is 0.465 e. The number of nitrogens with zero attached hydrogens (tertiary/aromatic N) is 1. The topological polar surface area (TPSA) is 58.6 Å². The normalized spacial score (nSPS) is 16.2. The van der Waals surface area contributed by atoms with Gasteiger partial charge in [0.25, 0.3) is 5.91 Å². The highest BCUT2D eigenvalue weighted by Crippen LogP contribution is 2.57. The third-order valence-corrected chi connectivity index (χ3v) is 7.39. The Balaban J connectivity index is 1.41. The van der Waals surface area contributed by atoms with Crippen molar-refractivity contribution in [2.75, 3.05) is 18.6 Å². The van der Waals surface area contributed by atoms with E-state index in [1.54, 1.807) is 31.2 Å².